The van der Waals surface area contributed by atoms with Crippen molar-refractivity contribution in [2.24, 2.45) is 0 Å². The van der Waals surface area contributed by atoms with Crippen LogP contribution in [0.3, 0.4) is 0 Å². The zero-order valence-corrected chi connectivity index (χ0v) is 11.1. The molecule has 0 atom stereocenters. The molecule has 0 aliphatic heterocycles. The minimum absolute atomic E-state index is 0.194. The number of carboxylic acids is 2. The molecule has 0 bridgehead atoms. The highest BCUT2D eigenvalue weighted by Gasteiger charge is 2.19. The van der Waals surface area contributed by atoms with E-state index in [9.17, 15) is 9.59 Å². The maximum atomic E-state index is 10.8. The second-order valence-corrected chi connectivity index (χ2v) is 5.59. The Hall–Kier alpha value is -1.95. The molecule has 1 aromatic heterocycles. The molecule has 6 heteroatoms. The van der Waals surface area contributed by atoms with Crippen LogP contribution >= 0.6 is 11.3 Å². The second kappa shape index (κ2) is 5.36. The van der Waals surface area contributed by atoms with Gasteiger partial charge in [0.1, 0.15) is 0 Å². The van der Waals surface area contributed by atoms with E-state index in [0.29, 0.717) is 5.56 Å². The number of carboxylic acid groups (broad SMARTS) is 2. The zero-order valence-electron chi connectivity index (χ0n) is 10.3. The number of thiazole rings is 1. The van der Waals surface area contributed by atoms with Crippen molar-refractivity contribution in [2.75, 3.05) is 0 Å². The molecule has 19 heavy (non-hydrogen) atoms. The Balaban J connectivity index is 2.36. The first-order valence-corrected chi connectivity index (χ1v) is 6.58. The lowest BCUT2D eigenvalue weighted by Crippen LogP contribution is -2.11. The van der Waals surface area contributed by atoms with E-state index in [0.717, 1.165) is 15.2 Å². The molecule has 0 saturated heterocycles. The average molecular weight is 279 g/mol. The van der Waals surface area contributed by atoms with Crippen molar-refractivity contribution in [2.45, 2.75) is 25.7 Å². The van der Waals surface area contributed by atoms with Gasteiger partial charge in [-0.1, -0.05) is 6.07 Å². The van der Waals surface area contributed by atoms with E-state index in [1.165, 1.54) is 0 Å². The van der Waals surface area contributed by atoms with Gasteiger partial charge in [0.2, 0.25) is 0 Å². The van der Waals surface area contributed by atoms with Gasteiger partial charge in [0.05, 0.1) is 28.1 Å². The Morgan fingerprint density at radius 1 is 1.26 bits per heavy atom. The maximum Gasteiger partial charge on any atom is 0.303 e. The standard InChI is InChI=1S/C13H13NO4S/c1-7-14-10-4-8(2-3-11(10)19-7)9(5-12(15)16)6-13(17)18/h2-4,9H,5-6H2,1H3,(H,15,16)(H,17,18). The van der Waals surface area contributed by atoms with Crippen molar-refractivity contribution in [1.29, 1.82) is 0 Å². The molecule has 2 rings (SSSR count). The summed E-state index contributed by atoms with van der Waals surface area (Å²) in [5.74, 6) is -2.52. The van der Waals surface area contributed by atoms with Crippen LogP contribution in [0.4, 0.5) is 0 Å². The minimum atomic E-state index is -0.999. The quantitative estimate of drug-likeness (QED) is 0.878. The summed E-state index contributed by atoms with van der Waals surface area (Å²) in [5, 5.41) is 18.7. The van der Waals surface area contributed by atoms with E-state index in [4.69, 9.17) is 10.2 Å². The van der Waals surface area contributed by atoms with Crippen molar-refractivity contribution in [1.82, 2.24) is 4.98 Å². The molecule has 2 aromatic rings. The Labute approximate surface area is 113 Å². The number of aliphatic carboxylic acids is 2. The summed E-state index contributed by atoms with van der Waals surface area (Å²) in [6.45, 7) is 1.90. The first-order valence-electron chi connectivity index (χ1n) is 5.76. The Morgan fingerprint density at radius 3 is 2.47 bits per heavy atom. The number of carbonyl (C=O) groups is 2. The monoisotopic (exact) mass is 279 g/mol. The fourth-order valence-corrected chi connectivity index (χ4v) is 2.85. The van der Waals surface area contributed by atoms with Gasteiger partial charge in [-0.15, -0.1) is 11.3 Å². The van der Waals surface area contributed by atoms with Crippen LogP contribution in [0.5, 0.6) is 0 Å². The maximum absolute atomic E-state index is 10.8. The van der Waals surface area contributed by atoms with Crippen LogP contribution in [0.25, 0.3) is 10.2 Å². The van der Waals surface area contributed by atoms with E-state index in [-0.39, 0.29) is 12.8 Å². The molecule has 0 amide bonds. The van der Waals surface area contributed by atoms with E-state index in [1.54, 1.807) is 23.5 Å². The van der Waals surface area contributed by atoms with Gasteiger partial charge in [0.15, 0.2) is 0 Å². The summed E-state index contributed by atoms with van der Waals surface area (Å²) in [6, 6.07) is 5.44. The van der Waals surface area contributed by atoms with Crippen LogP contribution in [0.15, 0.2) is 18.2 Å². The number of hydrogen-bond donors (Lipinski definition) is 2. The lowest BCUT2D eigenvalue weighted by Gasteiger charge is -2.12. The first kappa shape index (κ1) is 13.5. The Morgan fingerprint density at radius 2 is 1.89 bits per heavy atom. The van der Waals surface area contributed by atoms with E-state index < -0.39 is 17.9 Å². The number of rotatable bonds is 5. The van der Waals surface area contributed by atoms with Crippen LogP contribution in [0.1, 0.15) is 29.3 Å². The van der Waals surface area contributed by atoms with Gasteiger partial charge in [0, 0.05) is 5.92 Å². The second-order valence-electron chi connectivity index (χ2n) is 4.35. The molecule has 5 nitrogen and oxygen atoms in total. The topological polar surface area (TPSA) is 87.5 Å². The fraction of sp³-hybridized carbons (Fsp3) is 0.308. The summed E-state index contributed by atoms with van der Waals surface area (Å²) < 4.78 is 1.02. The van der Waals surface area contributed by atoms with Crippen LogP contribution in [0, 0.1) is 6.92 Å². The van der Waals surface area contributed by atoms with Crippen LogP contribution in [0.2, 0.25) is 0 Å². The van der Waals surface area contributed by atoms with Crippen LogP contribution < -0.4 is 0 Å². The largest absolute Gasteiger partial charge is 0.481 e. The normalized spacial score (nSPS) is 11.1. The Bertz CT molecular complexity index is 619. The number of aromatic nitrogens is 1. The lowest BCUT2D eigenvalue weighted by atomic mass is 9.92. The number of hydrogen-bond acceptors (Lipinski definition) is 4. The van der Waals surface area contributed by atoms with Gasteiger partial charge in [-0.05, 0) is 24.6 Å². The van der Waals surface area contributed by atoms with Crippen molar-refractivity contribution in [3.63, 3.8) is 0 Å². The third-order valence-corrected chi connectivity index (χ3v) is 3.78. The van der Waals surface area contributed by atoms with E-state index in [1.807, 2.05) is 13.0 Å². The highest BCUT2D eigenvalue weighted by Crippen LogP contribution is 2.29. The number of fused-ring (bicyclic) bond motifs is 1. The highest BCUT2D eigenvalue weighted by molar-refractivity contribution is 7.18. The SMILES string of the molecule is Cc1nc2cc(C(CC(=O)O)CC(=O)O)ccc2s1. The molecule has 0 saturated carbocycles. The first-order chi connectivity index (χ1) is 8.95. The molecular weight excluding hydrogens is 266 g/mol. The fourth-order valence-electron chi connectivity index (χ4n) is 2.04. The van der Waals surface area contributed by atoms with Gasteiger partial charge < -0.3 is 10.2 Å². The van der Waals surface area contributed by atoms with E-state index >= 15 is 0 Å². The zero-order chi connectivity index (χ0) is 14.0. The molecule has 0 fully saturated rings. The van der Waals surface area contributed by atoms with Gasteiger partial charge in [-0.3, -0.25) is 9.59 Å². The summed E-state index contributed by atoms with van der Waals surface area (Å²) in [7, 11) is 0. The van der Waals surface area contributed by atoms with Crippen LogP contribution in [-0.2, 0) is 9.59 Å². The number of benzene rings is 1. The molecule has 0 spiro atoms. The van der Waals surface area contributed by atoms with Crippen molar-refractivity contribution < 1.29 is 19.8 Å². The molecule has 0 unspecified atom stereocenters. The smallest absolute Gasteiger partial charge is 0.303 e. The molecule has 0 aliphatic rings. The van der Waals surface area contributed by atoms with Gasteiger partial charge in [0.25, 0.3) is 0 Å². The molecule has 100 valence electrons. The third kappa shape index (κ3) is 3.29. The molecule has 1 heterocycles. The molecule has 2 N–H and O–H groups in total. The number of aryl methyl sites for hydroxylation is 1. The van der Waals surface area contributed by atoms with E-state index in [2.05, 4.69) is 4.98 Å². The lowest BCUT2D eigenvalue weighted by molar-refractivity contribution is -0.139. The molecular formula is C13H13NO4S. The predicted molar refractivity (Wildman–Crippen MR) is 71.6 cm³/mol. The van der Waals surface area contributed by atoms with Gasteiger partial charge in [-0.2, -0.15) is 0 Å². The summed E-state index contributed by atoms with van der Waals surface area (Å²) in [6.07, 6.45) is -0.387. The molecule has 0 aliphatic carbocycles. The van der Waals surface area contributed by atoms with Crippen molar-refractivity contribution >= 4 is 33.5 Å². The Kier molecular flexibility index (Phi) is 3.80. The molecule has 0 radical (unpaired) electrons. The molecule has 1 aromatic carbocycles. The van der Waals surface area contributed by atoms with Gasteiger partial charge in [-0.25, -0.2) is 4.98 Å². The number of nitrogens with zero attached hydrogens (tertiary/aromatic N) is 1. The third-order valence-electron chi connectivity index (χ3n) is 2.83. The minimum Gasteiger partial charge on any atom is -0.481 e. The van der Waals surface area contributed by atoms with Crippen molar-refractivity contribution in [3.8, 4) is 0 Å². The summed E-state index contributed by atoms with van der Waals surface area (Å²) in [5.41, 5.74) is 1.50. The van der Waals surface area contributed by atoms with Crippen molar-refractivity contribution in [3.05, 3.63) is 28.8 Å². The highest BCUT2D eigenvalue weighted by atomic mass is 32.1. The van der Waals surface area contributed by atoms with Crippen LogP contribution in [-0.4, -0.2) is 27.1 Å². The van der Waals surface area contributed by atoms with Gasteiger partial charge >= 0.3 is 11.9 Å². The summed E-state index contributed by atoms with van der Waals surface area (Å²) in [4.78, 5) is 26.0. The summed E-state index contributed by atoms with van der Waals surface area (Å²) >= 11 is 1.56. The predicted octanol–water partition coefficient (Wildman–Crippen LogP) is 2.64. The average Bonchev–Trinajstić information content (AvgIpc) is 2.65.